The second-order valence-electron chi connectivity index (χ2n) is 6.35. The van der Waals surface area contributed by atoms with E-state index in [9.17, 15) is 4.79 Å². The molecular formula is C17H27N3O. The molecule has 0 radical (unpaired) electrons. The lowest BCUT2D eigenvalue weighted by molar-refractivity contribution is -0.134. The number of carbonyl (C=O) groups is 1. The first-order valence-electron chi connectivity index (χ1n) is 7.69. The highest BCUT2D eigenvalue weighted by atomic mass is 16.2. The number of piperidine rings is 1. The van der Waals surface area contributed by atoms with Crippen LogP contribution in [0.1, 0.15) is 36.9 Å². The molecule has 0 saturated carbocycles. The Morgan fingerprint density at radius 1 is 1.38 bits per heavy atom. The van der Waals surface area contributed by atoms with E-state index in [4.69, 9.17) is 5.73 Å². The van der Waals surface area contributed by atoms with Crippen molar-refractivity contribution in [3.63, 3.8) is 0 Å². The van der Waals surface area contributed by atoms with Crippen LogP contribution in [0.5, 0.6) is 0 Å². The Morgan fingerprint density at radius 3 is 2.57 bits per heavy atom. The lowest BCUT2D eigenvalue weighted by atomic mass is 9.96. The van der Waals surface area contributed by atoms with Crippen molar-refractivity contribution in [1.29, 1.82) is 0 Å². The van der Waals surface area contributed by atoms with Crippen molar-refractivity contribution in [2.45, 2.75) is 44.8 Å². The maximum atomic E-state index is 12.6. The number of nitrogens with zero attached hydrogens (tertiary/aromatic N) is 2. The fraction of sp³-hybridized carbons (Fsp3) is 0.588. The molecule has 0 spiro atoms. The number of amides is 1. The lowest BCUT2D eigenvalue weighted by Gasteiger charge is -2.40. The Bertz CT molecular complexity index is 485. The van der Waals surface area contributed by atoms with Gasteiger partial charge in [-0.15, -0.1) is 0 Å². The van der Waals surface area contributed by atoms with E-state index in [1.807, 2.05) is 43.1 Å². The fourth-order valence-corrected chi connectivity index (χ4v) is 2.93. The maximum absolute atomic E-state index is 12.6. The molecule has 1 amide bonds. The summed E-state index contributed by atoms with van der Waals surface area (Å²) in [4.78, 5) is 16.8. The van der Waals surface area contributed by atoms with Gasteiger partial charge in [-0.2, -0.15) is 0 Å². The van der Waals surface area contributed by atoms with E-state index in [0.717, 1.165) is 24.9 Å². The molecular weight excluding hydrogens is 262 g/mol. The Kier molecular flexibility index (Phi) is 5.01. The van der Waals surface area contributed by atoms with Crippen molar-refractivity contribution in [3.05, 3.63) is 35.4 Å². The molecule has 1 aromatic rings. The van der Waals surface area contributed by atoms with Gasteiger partial charge < -0.3 is 15.5 Å². The smallest absolute Gasteiger partial charge is 0.244 e. The third kappa shape index (κ3) is 3.63. The molecule has 1 heterocycles. The van der Waals surface area contributed by atoms with E-state index in [1.165, 1.54) is 5.56 Å². The molecule has 2 rings (SSSR count). The minimum absolute atomic E-state index is 0.0145. The highest BCUT2D eigenvalue weighted by Crippen LogP contribution is 2.22. The first-order chi connectivity index (χ1) is 9.90. The molecule has 1 aliphatic heterocycles. The number of benzene rings is 1. The van der Waals surface area contributed by atoms with Crippen LogP contribution in [0.25, 0.3) is 0 Å². The average molecular weight is 289 g/mol. The van der Waals surface area contributed by atoms with Gasteiger partial charge in [-0.3, -0.25) is 4.79 Å². The van der Waals surface area contributed by atoms with Crippen LogP contribution in [0.2, 0.25) is 0 Å². The van der Waals surface area contributed by atoms with Crippen molar-refractivity contribution in [3.8, 4) is 0 Å². The summed E-state index contributed by atoms with van der Waals surface area (Å²) >= 11 is 0. The summed E-state index contributed by atoms with van der Waals surface area (Å²) in [5, 5.41) is 0. The van der Waals surface area contributed by atoms with Crippen molar-refractivity contribution in [2.75, 3.05) is 20.6 Å². The Balaban J connectivity index is 2.03. The fourth-order valence-electron chi connectivity index (χ4n) is 2.93. The summed E-state index contributed by atoms with van der Waals surface area (Å²) < 4.78 is 0. The van der Waals surface area contributed by atoms with E-state index < -0.39 is 6.04 Å². The van der Waals surface area contributed by atoms with Crippen LogP contribution < -0.4 is 5.73 Å². The minimum Gasteiger partial charge on any atom is -0.341 e. The molecule has 1 aromatic carbocycles. The Labute approximate surface area is 127 Å². The van der Waals surface area contributed by atoms with Crippen LogP contribution in [0, 0.1) is 6.92 Å². The van der Waals surface area contributed by atoms with Gasteiger partial charge in [0.25, 0.3) is 0 Å². The lowest BCUT2D eigenvalue weighted by Crippen LogP contribution is -2.50. The third-order valence-electron chi connectivity index (χ3n) is 4.78. The summed E-state index contributed by atoms with van der Waals surface area (Å²) in [7, 11) is 4.03. The summed E-state index contributed by atoms with van der Waals surface area (Å²) in [6.07, 6.45) is 2.03. The number of likely N-dealkylation sites (N-methyl/N-ethyl adjacent to an activating group) is 1. The topological polar surface area (TPSA) is 49.6 Å². The molecule has 4 nitrogen and oxygen atoms in total. The van der Waals surface area contributed by atoms with E-state index in [1.54, 1.807) is 0 Å². The first-order valence-corrected chi connectivity index (χ1v) is 7.69. The van der Waals surface area contributed by atoms with Crippen LogP contribution in [0.3, 0.4) is 0 Å². The molecule has 0 aromatic heterocycles. The normalized spacial score (nSPS) is 24.6. The van der Waals surface area contributed by atoms with Gasteiger partial charge in [-0.1, -0.05) is 29.8 Å². The second kappa shape index (κ2) is 6.58. The van der Waals surface area contributed by atoms with Crippen molar-refractivity contribution >= 4 is 5.91 Å². The van der Waals surface area contributed by atoms with E-state index in [-0.39, 0.29) is 5.91 Å². The van der Waals surface area contributed by atoms with Crippen LogP contribution in [0.4, 0.5) is 0 Å². The maximum Gasteiger partial charge on any atom is 0.244 e. The third-order valence-corrected chi connectivity index (χ3v) is 4.78. The van der Waals surface area contributed by atoms with Gasteiger partial charge in [0, 0.05) is 25.7 Å². The molecule has 116 valence electrons. The molecule has 4 heteroatoms. The number of nitrogens with two attached hydrogens (primary N) is 1. The molecule has 1 aliphatic rings. The SMILES string of the molecule is Cc1ccc(C(N)C(=O)N(C)C2CCN(C)C(C)C2)cc1. The number of carbonyl (C=O) groups excluding carboxylic acids is 1. The van der Waals surface area contributed by atoms with E-state index >= 15 is 0 Å². The summed E-state index contributed by atoms with van der Waals surface area (Å²) in [6.45, 7) is 5.27. The van der Waals surface area contributed by atoms with E-state index in [2.05, 4.69) is 18.9 Å². The van der Waals surface area contributed by atoms with Crippen LogP contribution in [0.15, 0.2) is 24.3 Å². The monoisotopic (exact) mass is 289 g/mol. The standard InChI is InChI=1S/C17H27N3O/c1-12-5-7-14(8-6-12)16(18)17(21)20(4)15-9-10-19(3)13(2)11-15/h5-8,13,15-16H,9-11,18H2,1-4H3. The molecule has 1 saturated heterocycles. The summed E-state index contributed by atoms with van der Waals surface area (Å²) in [5.74, 6) is 0.0145. The molecule has 0 bridgehead atoms. The van der Waals surface area contributed by atoms with Crippen LogP contribution in [-0.2, 0) is 4.79 Å². The molecule has 3 unspecified atom stereocenters. The second-order valence-corrected chi connectivity index (χ2v) is 6.35. The van der Waals surface area contributed by atoms with Crippen LogP contribution in [-0.4, -0.2) is 48.4 Å². The highest BCUT2D eigenvalue weighted by Gasteiger charge is 2.30. The van der Waals surface area contributed by atoms with Crippen molar-refractivity contribution in [1.82, 2.24) is 9.80 Å². The molecule has 2 N–H and O–H groups in total. The van der Waals surface area contributed by atoms with Gasteiger partial charge in [0.05, 0.1) is 0 Å². The average Bonchev–Trinajstić information content (AvgIpc) is 2.48. The zero-order chi connectivity index (χ0) is 15.6. The molecule has 0 aliphatic carbocycles. The quantitative estimate of drug-likeness (QED) is 0.925. The van der Waals surface area contributed by atoms with Crippen LogP contribution >= 0.6 is 0 Å². The number of hydrogen-bond donors (Lipinski definition) is 1. The summed E-state index contributed by atoms with van der Waals surface area (Å²) in [6, 6.07) is 8.13. The first kappa shape index (κ1) is 16.0. The van der Waals surface area contributed by atoms with Gasteiger partial charge in [0.1, 0.15) is 6.04 Å². The number of aryl methyl sites for hydroxylation is 1. The summed E-state index contributed by atoms with van der Waals surface area (Å²) in [5.41, 5.74) is 8.22. The molecule has 3 atom stereocenters. The van der Waals surface area contributed by atoms with Gasteiger partial charge in [-0.05, 0) is 39.3 Å². The van der Waals surface area contributed by atoms with Crippen molar-refractivity contribution < 1.29 is 4.79 Å². The molecule has 1 fully saturated rings. The predicted molar refractivity (Wildman–Crippen MR) is 86.0 cm³/mol. The zero-order valence-corrected chi connectivity index (χ0v) is 13.5. The van der Waals surface area contributed by atoms with Gasteiger partial charge in [0.2, 0.25) is 5.91 Å². The van der Waals surface area contributed by atoms with E-state index in [0.29, 0.717) is 12.1 Å². The Hall–Kier alpha value is -1.39. The predicted octanol–water partition coefficient (Wildman–Crippen LogP) is 1.94. The largest absolute Gasteiger partial charge is 0.341 e. The van der Waals surface area contributed by atoms with Gasteiger partial charge in [0.15, 0.2) is 0 Å². The number of hydrogen-bond acceptors (Lipinski definition) is 3. The van der Waals surface area contributed by atoms with Crippen molar-refractivity contribution in [2.24, 2.45) is 5.73 Å². The highest BCUT2D eigenvalue weighted by molar-refractivity contribution is 5.83. The Morgan fingerprint density at radius 2 is 2.00 bits per heavy atom. The zero-order valence-electron chi connectivity index (χ0n) is 13.5. The number of likely N-dealkylation sites (tertiary alicyclic amines) is 1. The van der Waals surface area contributed by atoms with Gasteiger partial charge in [-0.25, -0.2) is 0 Å². The number of rotatable bonds is 3. The minimum atomic E-state index is -0.564. The van der Waals surface area contributed by atoms with Gasteiger partial charge >= 0.3 is 0 Å². The molecule has 21 heavy (non-hydrogen) atoms.